The Kier molecular flexibility index (Phi) is 3.75. The molecule has 1 saturated carbocycles. The summed E-state index contributed by atoms with van der Waals surface area (Å²) >= 11 is 0. The molecule has 1 aromatic heterocycles. The standard InChI is InChI=1S/C16H18N2O3/c1-18(14-3-2-4-14)9-13-10-21-15(17-13)11-5-7-12(8-6-11)16(19)20/h5-8,10,14H,2-4,9H2,1H3,(H,19,20). The minimum absolute atomic E-state index is 0.259. The zero-order chi connectivity index (χ0) is 14.8. The molecular weight excluding hydrogens is 268 g/mol. The number of nitrogens with zero attached hydrogens (tertiary/aromatic N) is 2. The van der Waals surface area contributed by atoms with Crippen molar-refractivity contribution in [3.05, 3.63) is 41.8 Å². The molecule has 21 heavy (non-hydrogen) atoms. The van der Waals surface area contributed by atoms with E-state index >= 15 is 0 Å². The van der Waals surface area contributed by atoms with Crippen molar-refractivity contribution < 1.29 is 14.3 Å². The number of oxazole rings is 1. The van der Waals surface area contributed by atoms with Gasteiger partial charge in [0.1, 0.15) is 6.26 Å². The quantitative estimate of drug-likeness (QED) is 0.915. The molecule has 0 bridgehead atoms. The lowest BCUT2D eigenvalue weighted by molar-refractivity contribution is 0.0697. The van der Waals surface area contributed by atoms with Crippen molar-refractivity contribution >= 4 is 5.97 Å². The molecule has 1 aliphatic rings. The molecule has 1 aliphatic carbocycles. The Labute approximate surface area is 123 Å². The summed E-state index contributed by atoms with van der Waals surface area (Å²) in [5.41, 5.74) is 1.95. The largest absolute Gasteiger partial charge is 0.478 e. The van der Waals surface area contributed by atoms with Crippen LogP contribution in [0.3, 0.4) is 0 Å². The average molecular weight is 286 g/mol. The van der Waals surface area contributed by atoms with Crippen LogP contribution in [-0.4, -0.2) is 34.0 Å². The fourth-order valence-corrected chi connectivity index (χ4v) is 2.48. The van der Waals surface area contributed by atoms with E-state index in [0.29, 0.717) is 11.9 Å². The maximum Gasteiger partial charge on any atom is 0.335 e. The first-order chi connectivity index (χ1) is 10.1. The monoisotopic (exact) mass is 286 g/mol. The summed E-state index contributed by atoms with van der Waals surface area (Å²) in [4.78, 5) is 17.6. The molecule has 5 heteroatoms. The van der Waals surface area contributed by atoms with Crippen molar-refractivity contribution in [2.45, 2.75) is 31.8 Å². The molecule has 1 heterocycles. The smallest absolute Gasteiger partial charge is 0.335 e. The summed E-state index contributed by atoms with van der Waals surface area (Å²) in [5.74, 6) is -0.402. The van der Waals surface area contributed by atoms with E-state index in [4.69, 9.17) is 9.52 Å². The van der Waals surface area contributed by atoms with E-state index in [1.807, 2.05) is 0 Å². The second-order valence-corrected chi connectivity index (χ2v) is 5.53. The highest BCUT2D eigenvalue weighted by atomic mass is 16.4. The fourth-order valence-electron chi connectivity index (χ4n) is 2.48. The summed E-state index contributed by atoms with van der Waals surface area (Å²) < 4.78 is 5.50. The maximum atomic E-state index is 10.8. The van der Waals surface area contributed by atoms with E-state index < -0.39 is 5.97 Å². The molecule has 0 amide bonds. The summed E-state index contributed by atoms with van der Waals surface area (Å²) in [6.45, 7) is 0.779. The van der Waals surface area contributed by atoms with Gasteiger partial charge in [0.15, 0.2) is 0 Å². The maximum absolute atomic E-state index is 10.8. The van der Waals surface area contributed by atoms with Gasteiger partial charge in [-0.2, -0.15) is 0 Å². The number of carboxylic acid groups (broad SMARTS) is 1. The first-order valence-corrected chi connectivity index (χ1v) is 7.12. The van der Waals surface area contributed by atoms with Crippen molar-refractivity contribution in [1.82, 2.24) is 9.88 Å². The van der Waals surface area contributed by atoms with Crippen LogP contribution < -0.4 is 0 Å². The first kappa shape index (κ1) is 13.8. The lowest BCUT2D eigenvalue weighted by Crippen LogP contribution is -2.36. The number of carboxylic acids is 1. The number of aromatic nitrogens is 1. The van der Waals surface area contributed by atoms with Crippen LogP contribution in [0.4, 0.5) is 0 Å². The summed E-state index contributed by atoms with van der Waals surface area (Å²) in [7, 11) is 2.11. The van der Waals surface area contributed by atoms with Gasteiger partial charge in [-0.15, -0.1) is 0 Å². The van der Waals surface area contributed by atoms with Crippen LogP contribution in [0.25, 0.3) is 11.5 Å². The van der Waals surface area contributed by atoms with Crippen LogP contribution in [0.15, 0.2) is 34.9 Å². The van der Waals surface area contributed by atoms with Crippen LogP contribution >= 0.6 is 0 Å². The van der Waals surface area contributed by atoms with Gasteiger partial charge in [0.05, 0.1) is 11.3 Å². The minimum atomic E-state index is -0.934. The highest BCUT2D eigenvalue weighted by molar-refractivity contribution is 5.88. The Balaban J connectivity index is 1.70. The number of aromatic carboxylic acids is 1. The third kappa shape index (κ3) is 2.97. The Morgan fingerprint density at radius 2 is 2.10 bits per heavy atom. The molecule has 1 aromatic carbocycles. The van der Waals surface area contributed by atoms with Crippen LogP contribution in [0.5, 0.6) is 0 Å². The fraction of sp³-hybridized carbons (Fsp3) is 0.375. The van der Waals surface area contributed by atoms with Crippen LogP contribution in [-0.2, 0) is 6.54 Å². The molecular formula is C16H18N2O3. The van der Waals surface area contributed by atoms with Gasteiger partial charge in [-0.05, 0) is 44.2 Å². The molecule has 0 radical (unpaired) electrons. The zero-order valence-corrected chi connectivity index (χ0v) is 12.0. The van der Waals surface area contributed by atoms with Crippen molar-refractivity contribution in [2.75, 3.05) is 7.05 Å². The Bertz CT molecular complexity index is 629. The highest BCUT2D eigenvalue weighted by Gasteiger charge is 2.22. The predicted octanol–water partition coefficient (Wildman–Crippen LogP) is 3.02. The Morgan fingerprint density at radius 1 is 1.38 bits per heavy atom. The molecule has 1 N–H and O–H groups in total. The molecule has 0 saturated heterocycles. The van der Waals surface area contributed by atoms with Crippen molar-refractivity contribution in [3.63, 3.8) is 0 Å². The molecule has 0 atom stereocenters. The van der Waals surface area contributed by atoms with Gasteiger partial charge in [-0.1, -0.05) is 6.42 Å². The van der Waals surface area contributed by atoms with E-state index in [-0.39, 0.29) is 5.56 Å². The van der Waals surface area contributed by atoms with E-state index in [9.17, 15) is 4.79 Å². The average Bonchev–Trinajstić information content (AvgIpc) is 2.85. The van der Waals surface area contributed by atoms with Crippen molar-refractivity contribution in [3.8, 4) is 11.5 Å². The number of carbonyl (C=O) groups is 1. The van der Waals surface area contributed by atoms with Gasteiger partial charge in [0.25, 0.3) is 0 Å². The highest BCUT2D eigenvalue weighted by Crippen LogP contribution is 2.25. The van der Waals surface area contributed by atoms with Gasteiger partial charge in [-0.25, -0.2) is 9.78 Å². The molecule has 110 valence electrons. The van der Waals surface area contributed by atoms with Gasteiger partial charge >= 0.3 is 5.97 Å². The molecule has 2 aromatic rings. The zero-order valence-electron chi connectivity index (χ0n) is 12.0. The second kappa shape index (κ2) is 5.69. The minimum Gasteiger partial charge on any atom is -0.478 e. The van der Waals surface area contributed by atoms with Crippen molar-refractivity contribution in [2.24, 2.45) is 0 Å². The molecule has 3 rings (SSSR count). The van der Waals surface area contributed by atoms with Crippen LogP contribution in [0.1, 0.15) is 35.3 Å². The van der Waals surface area contributed by atoms with E-state index in [0.717, 1.165) is 17.8 Å². The predicted molar refractivity (Wildman–Crippen MR) is 78.0 cm³/mol. The molecule has 0 spiro atoms. The normalized spacial score (nSPS) is 15.1. The Hall–Kier alpha value is -2.14. The third-order valence-electron chi connectivity index (χ3n) is 4.04. The summed E-state index contributed by atoms with van der Waals surface area (Å²) in [6, 6.07) is 7.22. The molecule has 0 unspecified atom stereocenters. The number of hydrogen-bond acceptors (Lipinski definition) is 4. The number of benzene rings is 1. The summed E-state index contributed by atoms with van der Waals surface area (Å²) in [5, 5.41) is 8.89. The molecule has 1 fully saturated rings. The number of rotatable bonds is 5. The first-order valence-electron chi connectivity index (χ1n) is 7.12. The summed E-state index contributed by atoms with van der Waals surface area (Å²) in [6.07, 6.45) is 5.51. The van der Waals surface area contributed by atoms with E-state index in [1.54, 1.807) is 30.5 Å². The molecule has 5 nitrogen and oxygen atoms in total. The lowest BCUT2D eigenvalue weighted by Gasteiger charge is -2.34. The van der Waals surface area contributed by atoms with Crippen LogP contribution in [0, 0.1) is 0 Å². The second-order valence-electron chi connectivity index (χ2n) is 5.53. The van der Waals surface area contributed by atoms with Gasteiger partial charge < -0.3 is 9.52 Å². The Morgan fingerprint density at radius 3 is 2.67 bits per heavy atom. The van der Waals surface area contributed by atoms with Crippen molar-refractivity contribution in [1.29, 1.82) is 0 Å². The van der Waals surface area contributed by atoms with Gasteiger partial charge in [-0.3, -0.25) is 4.90 Å². The van der Waals surface area contributed by atoms with Gasteiger partial charge in [0.2, 0.25) is 5.89 Å². The third-order valence-corrected chi connectivity index (χ3v) is 4.04. The van der Waals surface area contributed by atoms with Crippen LogP contribution in [0.2, 0.25) is 0 Å². The SMILES string of the molecule is CN(Cc1coc(-c2ccc(C(=O)O)cc2)n1)C1CCC1. The van der Waals surface area contributed by atoms with Gasteiger partial charge in [0, 0.05) is 18.2 Å². The molecule has 0 aliphatic heterocycles. The lowest BCUT2D eigenvalue weighted by atomic mass is 9.92. The van der Waals surface area contributed by atoms with E-state index in [1.165, 1.54) is 19.3 Å². The number of hydrogen-bond donors (Lipinski definition) is 1. The topological polar surface area (TPSA) is 66.6 Å². The van der Waals surface area contributed by atoms with E-state index in [2.05, 4.69) is 16.9 Å².